The first-order valence-electron chi connectivity index (χ1n) is 7.05. The number of amides is 1. The monoisotopic (exact) mass is 413 g/mol. The molecule has 0 heterocycles. The number of hydrogen-bond donors (Lipinski definition) is 1. The molecule has 1 N–H and O–H groups in total. The summed E-state index contributed by atoms with van der Waals surface area (Å²) in [6, 6.07) is 8.80. The third-order valence-corrected chi connectivity index (χ3v) is 4.13. The number of nitrogens with one attached hydrogen (secondary N) is 1. The Morgan fingerprint density at radius 1 is 1.12 bits per heavy atom. The summed E-state index contributed by atoms with van der Waals surface area (Å²) in [7, 11) is 3.02. The second-order valence-electron chi connectivity index (χ2n) is 4.96. The minimum atomic E-state index is -0.336. The van der Waals surface area contributed by atoms with Gasteiger partial charge in [0.15, 0.2) is 18.1 Å². The molecule has 24 heavy (non-hydrogen) atoms. The Morgan fingerprint density at radius 3 is 2.42 bits per heavy atom. The fourth-order valence-electron chi connectivity index (χ4n) is 2.00. The van der Waals surface area contributed by atoms with Crippen molar-refractivity contribution in [3.63, 3.8) is 0 Å². The molecule has 2 rings (SSSR count). The van der Waals surface area contributed by atoms with E-state index in [-0.39, 0.29) is 12.5 Å². The number of rotatable bonds is 6. The summed E-state index contributed by atoms with van der Waals surface area (Å²) in [4.78, 5) is 12.1. The zero-order valence-corrected chi connectivity index (χ0v) is 15.8. The molecule has 128 valence electrons. The first-order valence-corrected chi connectivity index (χ1v) is 8.22. The zero-order chi connectivity index (χ0) is 17.7. The average Bonchev–Trinajstić information content (AvgIpc) is 2.55. The Bertz CT molecular complexity index is 752. The molecule has 5 nitrogen and oxygen atoms in total. The number of carbonyl (C=O) groups excluding carboxylic acids is 1. The van der Waals surface area contributed by atoms with Crippen LogP contribution >= 0.6 is 27.5 Å². The molecule has 0 saturated heterocycles. The molecule has 0 aliphatic rings. The molecule has 0 atom stereocenters. The van der Waals surface area contributed by atoms with Gasteiger partial charge in [0.05, 0.1) is 29.4 Å². The number of aryl methyl sites for hydroxylation is 1. The van der Waals surface area contributed by atoms with Gasteiger partial charge in [0, 0.05) is 12.1 Å². The lowest BCUT2D eigenvalue weighted by molar-refractivity contribution is -0.118. The molecule has 0 fully saturated rings. The number of anilines is 1. The van der Waals surface area contributed by atoms with Crippen molar-refractivity contribution in [2.45, 2.75) is 6.92 Å². The van der Waals surface area contributed by atoms with Crippen molar-refractivity contribution >= 4 is 39.1 Å². The number of carbonyl (C=O) groups is 1. The Balaban J connectivity index is 2.04. The van der Waals surface area contributed by atoms with E-state index in [1.165, 1.54) is 14.2 Å². The SMILES string of the molecule is COc1cc(Cl)c(NC(=O)COc2ccc(C)cc2Br)cc1OC. The van der Waals surface area contributed by atoms with Gasteiger partial charge in [-0.05, 0) is 40.5 Å². The predicted molar refractivity (Wildman–Crippen MR) is 97.6 cm³/mol. The Labute approximate surface area is 154 Å². The molecular formula is C17H17BrClNO4. The summed E-state index contributed by atoms with van der Waals surface area (Å²) in [5.74, 6) is 1.21. The topological polar surface area (TPSA) is 56.8 Å². The molecule has 0 spiro atoms. The van der Waals surface area contributed by atoms with Crippen molar-refractivity contribution in [2.24, 2.45) is 0 Å². The third-order valence-electron chi connectivity index (χ3n) is 3.19. The fraction of sp³-hybridized carbons (Fsp3) is 0.235. The standard InChI is InChI=1S/C17H17BrClNO4/c1-10-4-5-14(11(18)6-10)24-9-17(21)20-13-8-16(23-3)15(22-2)7-12(13)19/h4-8H,9H2,1-3H3,(H,20,21). The molecule has 0 radical (unpaired) electrons. The maximum atomic E-state index is 12.1. The molecule has 2 aromatic rings. The Kier molecular flexibility index (Phi) is 6.34. The number of ether oxygens (including phenoxy) is 3. The zero-order valence-electron chi connectivity index (χ0n) is 13.5. The van der Waals surface area contributed by atoms with Crippen LogP contribution in [-0.2, 0) is 4.79 Å². The molecule has 0 saturated carbocycles. The summed E-state index contributed by atoms with van der Waals surface area (Å²) in [5, 5.41) is 3.04. The van der Waals surface area contributed by atoms with Gasteiger partial charge in [0.2, 0.25) is 0 Å². The van der Waals surface area contributed by atoms with Crippen LogP contribution in [0.4, 0.5) is 5.69 Å². The van der Waals surface area contributed by atoms with Crippen LogP contribution in [0.5, 0.6) is 17.2 Å². The lowest BCUT2D eigenvalue weighted by atomic mass is 10.2. The van der Waals surface area contributed by atoms with E-state index in [1.54, 1.807) is 18.2 Å². The Morgan fingerprint density at radius 2 is 1.79 bits per heavy atom. The third kappa shape index (κ3) is 4.55. The van der Waals surface area contributed by atoms with Gasteiger partial charge in [0.1, 0.15) is 5.75 Å². The van der Waals surface area contributed by atoms with Crippen LogP contribution in [0, 0.1) is 6.92 Å². The van der Waals surface area contributed by atoms with E-state index in [0.717, 1.165) is 10.0 Å². The number of hydrogen-bond acceptors (Lipinski definition) is 4. The van der Waals surface area contributed by atoms with E-state index >= 15 is 0 Å². The summed E-state index contributed by atoms with van der Waals surface area (Å²) in [5.41, 5.74) is 1.52. The van der Waals surface area contributed by atoms with E-state index in [4.69, 9.17) is 25.8 Å². The molecule has 2 aromatic carbocycles. The average molecular weight is 415 g/mol. The maximum absolute atomic E-state index is 12.1. The Hall–Kier alpha value is -1.92. The largest absolute Gasteiger partial charge is 0.493 e. The molecule has 0 aliphatic heterocycles. The van der Waals surface area contributed by atoms with Crippen molar-refractivity contribution in [3.05, 3.63) is 45.4 Å². The second kappa shape index (κ2) is 8.26. The molecule has 1 amide bonds. The van der Waals surface area contributed by atoms with Gasteiger partial charge in [-0.2, -0.15) is 0 Å². The van der Waals surface area contributed by atoms with Crippen molar-refractivity contribution in [3.8, 4) is 17.2 Å². The van der Waals surface area contributed by atoms with Gasteiger partial charge in [-0.25, -0.2) is 0 Å². The minimum absolute atomic E-state index is 0.146. The lowest BCUT2D eigenvalue weighted by Gasteiger charge is -2.13. The predicted octanol–water partition coefficient (Wildman–Crippen LogP) is 4.45. The summed E-state index contributed by atoms with van der Waals surface area (Å²) in [6.45, 7) is 1.83. The van der Waals surface area contributed by atoms with Crippen LogP contribution in [0.25, 0.3) is 0 Å². The summed E-state index contributed by atoms with van der Waals surface area (Å²) >= 11 is 9.54. The smallest absolute Gasteiger partial charge is 0.262 e. The van der Waals surface area contributed by atoms with Gasteiger partial charge in [-0.15, -0.1) is 0 Å². The van der Waals surface area contributed by atoms with E-state index in [9.17, 15) is 4.79 Å². The maximum Gasteiger partial charge on any atom is 0.262 e. The van der Waals surface area contributed by atoms with Crippen LogP contribution in [-0.4, -0.2) is 26.7 Å². The quantitative estimate of drug-likeness (QED) is 0.759. The first-order chi connectivity index (χ1) is 11.4. The summed E-state index contributed by atoms with van der Waals surface area (Å²) in [6.07, 6.45) is 0. The number of halogens is 2. The van der Waals surface area contributed by atoms with E-state index in [1.807, 2.05) is 19.1 Å². The van der Waals surface area contributed by atoms with Gasteiger partial charge in [-0.3, -0.25) is 4.79 Å². The highest BCUT2D eigenvalue weighted by atomic mass is 79.9. The van der Waals surface area contributed by atoms with E-state index in [2.05, 4.69) is 21.2 Å². The van der Waals surface area contributed by atoms with Crippen molar-refractivity contribution in [2.75, 3.05) is 26.1 Å². The van der Waals surface area contributed by atoms with Crippen LogP contribution in [0.1, 0.15) is 5.56 Å². The highest BCUT2D eigenvalue weighted by Gasteiger charge is 2.13. The van der Waals surface area contributed by atoms with Crippen LogP contribution in [0.3, 0.4) is 0 Å². The number of methoxy groups -OCH3 is 2. The molecular weight excluding hydrogens is 398 g/mol. The summed E-state index contributed by atoms with van der Waals surface area (Å²) < 4.78 is 16.7. The molecule has 0 bridgehead atoms. The van der Waals surface area contributed by atoms with Crippen molar-refractivity contribution in [1.82, 2.24) is 0 Å². The van der Waals surface area contributed by atoms with Crippen molar-refractivity contribution < 1.29 is 19.0 Å². The van der Waals surface area contributed by atoms with E-state index in [0.29, 0.717) is 28.0 Å². The highest BCUT2D eigenvalue weighted by Crippen LogP contribution is 2.36. The lowest BCUT2D eigenvalue weighted by Crippen LogP contribution is -2.20. The molecule has 7 heteroatoms. The van der Waals surface area contributed by atoms with Gasteiger partial charge < -0.3 is 19.5 Å². The highest BCUT2D eigenvalue weighted by molar-refractivity contribution is 9.10. The normalized spacial score (nSPS) is 10.2. The van der Waals surface area contributed by atoms with E-state index < -0.39 is 0 Å². The van der Waals surface area contributed by atoms with Gasteiger partial charge in [-0.1, -0.05) is 17.7 Å². The molecule has 0 aromatic heterocycles. The van der Waals surface area contributed by atoms with Crippen LogP contribution in [0.15, 0.2) is 34.8 Å². The van der Waals surface area contributed by atoms with Crippen molar-refractivity contribution in [1.29, 1.82) is 0 Å². The molecule has 0 unspecified atom stereocenters. The molecule has 0 aliphatic carbocycles. The van der Waals surface area contributed by atoms with Crippen LogP contribution < -0.4 is 19.5 Å². The fourth-order valence-corrected chi connectivity index (χ4v) is 2.81. The van der Waals surface area contributed by atoms with Crippen LogP contribution in [0.2, 0.25) is 5.02 Å². The minimum Gasteiger partial charge on any atom is -0.493 e. The van der Waals surface area contributed by atoms with Gasteiger partial charge >= 0.3 is 0 Å². The number of benzene rings is 2. The first kappa shape index (κ1) is 18.4. The van der Waals surface area contributed by atoms with Gasteiger partial charge in [0.25, 0.3) is 5.91 Å². The second-order valence-corrected chi connectivity index (χ2v) is 6.22.